The number of halogens is 1. The maximum Gasteiger partial charge on any atom is 0.273 e. The van der Waals surface area contributed by atoms with Crippen molar-refractivity contribution < 1.29 is 17.5 Å². The van der Waals surface area contributed by atoms with Crippen LogP contribution in [0.15, 0.2) is 6.20 Å². The van der Waals surface area contributed by atoms with Crippen molar-refractivity contribution in [3.05, 3.63) is 17.7 Å². The lowest BCUT2D eigenvalue weighted by molar-refractivity contribution is 0.331. The first-order chi connectivity index (χ1) is 12.3. The lowest BCUT2D eigenvalue weighted by atomic mass is 10.1. The average molecular weight is 401 g/mol. The first kappa shape index (κ1) is 18.9. The number of hydrogen-bond acceptors (Lipinski definition) is 8. The Labute approximate surface area is 155 Å². The van der Waals surface area contributed by atoms with Crippen molar-refractivity contribution in [2.24, 2.45) is 0 Å². The number of methoxy groups -OCH3 is 1. The molecule has 0 aromatic carbocycles. The molecule has 2 aromatic rings. The largest absolute Gasteiger partial charge is 0.473 e. The van der Waals surface area contributed by atoms with Crippen LogP contribution in [0.1, 0.15) is 18.5 Å². The van der Waals surface area contributed by atoms with E-state index in [2.05, 4.69) is 20.3 Å². The number of sulfonamides is 1. The van der Waals surface area contributed by atoms with Crippen molar-refractivity contribution in [1.82, 2.24) is 19.3 Å². The third-order valence-corrected chi connectivity index (χ3v) is 6.60. The highest BCUT2D eigenvalue weighted by Crippen LogP contribution is 2.34. The minimum absolute atomic E-state index is 0.0309. The van der Waals surface area contributed by atoms with E-state index in [9.17, 15) is 12.8 Å². The molecule has 1 N–H and O–H groups in total. The topological polar surface area (TPSA) is 97.3 Å². The summed E-state index contributed by atoms with van der Waals surface area (Å²) in [6, 6.07) is 0.0309. The Balaban J connectivity index is 1.75. The van der Waals surface area contributed by atoms with Crippen molar-refractivity contribution in [1.29, 1.82) is 0 Å². The molecule has 1 aliphatic rings. The molecule has 1 saturated heterocycles. The maximum atomic E-state index is 14.2. The van der Waals surface area contributed by atoms with Gasteiger partial charge in [0.2, 0.25) is 16.0 Å². The van der Waals surface area contributed by atoms with Crippen LogP contribution >= 0.6 is 11.3 Å². The fourth-order valence-electron chi connectivity index (χ4n) is 2.79. The number of anilines is 1. The van der Waals surface area contributed by atoms with E-state index < -0.39 is 15.8 Å². The van der Waals surface area contributed by atoms with E-state index in [1.807, 2.05) is 0 Å². The van der Waals surface area contributed by atoms with Crippen molar-refractivity contribution in [3.8, 4) is 15.8 Å². The normalized spacial score (nSPS) is 16.6. The standard InChI is InChI=1S/C15H20FN5O3S2/c1-9-13(25-15(18-9)24-2)12-11(16)8-17-14(20-12)19-10-4-6-21(7-5-10)26(3,22)23/h8,10H,4-7H2,1-3H3,(H,17,19,20). The molecular weight excluding hydrogens is 381 g/mol. The maximum absolute atomic E-state index is 14.2. The SMILES string of the molecule is COc1nc(C)c(-c2nc(NC3CCN(S(C)(=O)=O)CC3)ncc2F)s1. The average Bonchev–Trinajstić information content (AvgIpc) is 2.97. The minimum atomic E-state index is -3.17. The van der Waals surface area contributed by atoms with Gasteiger partial charge in [-0.25, -0.2) is 32.1 Å². The molecule has 2 aromatic heterocycles. The summed E-state index contributed by atoms with van der Waals surface area (Å²) in [5.41, 5.74) is 0.811. The zero-order valence-electron chi connectivity index (χ0n) is 14.7. The van der Waals surface area contributed by atoms with Crippen molar-refractivity contribution in [2.45, 2.75) is 25.8 Å². The van der Waals surface area contributed by atoms with Crippen molar-refractivity contribution in [2.75, 3.05) is 31.8 Å². The smallest absolute Gasteiger partial charge is 0.273 e. The zero-order chi connectivity index (χ0) is 18.9. The van der Waals surface area contributed by atoms with E-state index >= 15 is 0 Å². The van der Waals surface area contributed by atoms with Crippen LogP contribution in [-0.2, 0) is 10.0 Å². The molecule has 0 bridgehead atoms. The Morgan fingerprint density at radius 3 is 2.62 bits per heavy atom. The number of ether oxygens (including phenoxy) is 1. The highest BCUT2D eigenvalue weighted by molar-refractivity contribution is 7.88. The first-order valence-electron chi connectivity index (χ1n) is 8.04. The predicted octanol–water partition coefficient (Wildman–Crippen LogP) is 1.89. The summed E-state index contributed by atoms with van der Waals surface area (Å²) in [4.78, 5) is 13.1. The molecule has 26 heavy (non-hydrogen) atoms. The molecule has 0 atom stereocenters. The van der Waals surface area contributed by atoms with Gasteiger partial charge >= 0.3 is 0 Å². The predicted molar refractivity (Wildman–Crippen MR) is 97.4 cm³/mol. The van der Waals surface area contributed by atoms with Crippen LogP contribution in [0.4, 0.5) is 10.3 Å². The first-order valence-corrected chi connectivity index (χ1v) is 10.7. The van der Waals surface area contributed by atoms with Gasteiger partial charge in [0.15, 0.2) is 5.82 Å². The highest BCUT2D eigenvalue weighted by atomic mass is 32.2. The van der Waals surface area contributed by atoms with Gasteiger partial charge in [-0.05, 0) is 19.8 Å². The summed E-state index contributed by atoms with van der Waals surface area (Å²) in [6.07, 6.45) is 3.61. The van der Waals surface area contributed by atoms with E-state index in [0.717, 1.165) is 6.20 Å². The summed E-state index contributed by atoms with van der Waals surface area (Å²) < 4.78 is 43.9. The molecule has 11 heteroatoms. The second-order valence-electron chi connectivity index (χ2n) is 6.07. The second kappa shape index (κ2) is 7.41. The molecular formula is C15H20FN5O3S2. The Morgan fingerprint density at radius 1 is 1.35 bits per heavy atom. The number of rotatable bonds is 5. The molecule has 8 nitrogen and oxygen atoms in total. The van der Waals surface area contributed by atoms with Gasteiger partial charge in [-0.3, -0.25) is 0 Å². The lowest BCUT2D eigenvalue weighted by Crippen LogP contribution is -2.42. The Hall–Kier alpha value is -1.85. The molecule has 1 fully saturated rings. The zero-order valence-corrected chi connectivity index (χ0v) is 16.3. The minimum Gasteiger partial charge on any atom is -0.473 e. The molecule has 1 aliphatic heterocycles. The van der Waals surface area contributed by atoms with Gasteiger partial charge in [0.05, 0.1) is 30.1 Å². The van der Waals surface area contributed by atoms with Gasteiger partial charge in [-0.2, -0.15) is 0 Å². The van der Waals surface area contributed by atoms with E-state index in [1.165, 1.54) is 29.0 Å². The lowest BCUT2D eigenvalue weighted by Gasteiger charge is -2.30. The highest BCUT2D eigenvalue weighted by Gasteiger charge is 2.25. The van der Waals surface area contributed by atoms with E-state index in [-0.39, 0.29) is 11.7 Å². The molecule has 142 valence electrons. The van der Waals surface area contributed by atoms with Crippen LogP contribution in [0.5, 0.6) is 5.19 Å². The third-order valence-electron chi connectivity index (χ3n) is 4.17. The van der Waals surface area contributed by atoms with E-state index in [4.69, 9.17) is 4.74 Å². The Bertz CT molecular complexity index is 895. The molecule has 0 saturated carbocycles. The molecule has 0 spiro atoms. The summed E-state index contributed by atoms with van der Waals surface area (Å²) >= 11 is 1.22. The summed E-state index contributed by atoms with van der Waals surface area (Å²) in [5.74, 6) is -0.220. The number of aryl methyl sites for hydroxylation is 1. The number of nitrogens with one attached hydrogen (secondary N) is 1. The quantitative estimate of drug-likeness (QED) is 0.817. The van der Waals surface area contributed by atoms with Crippen LogP contribution in [0.25, 0.3) is 10.6 Å². The van der Waals surface area contributed by atoms with Gasteiger partial charge in [-0.15, -0.1) is 0 Å². The van der Waals surface area contributed by atoms with Crippen LogP contribution in [0.3, 0.4) is 0 Å². The van der Waals surface area contributed by atoms with Gasteiger partial charge in [0, 0.05) is 19.1 Å². The van der Waals surface area contributed by atoms with Crippen LogP contribution in [0.2, 0.25) is 0 Å². The van der Waals surface area contributed by atoms with E-state index in [0.29, 0.717) is 47.6 Å². The number of aromatic nitrogens is 3. The van der Waals surface area contributed by atoms with Crippen LogP contribution in [-0.4, -0.2) is 60.2 Å². The molecule has 3 rings (SSSR count). The fraction of sp³-hybridized carbons (Fsp3) is 0.533. The van der Waals surface area contributed by atoms with Crippen LogP contribution < -0.4 is 10.1 Å². The number of hydrogen-bond donors (Lipinski definition) is 1. The van der Waals surface area contributed by atoms with Gasteiger partial charge in [0.25, 0.3) is 5.19 Å². The molecule has 0 unspecified atom stereocenters. The third kappa shape index (κ3) is 4.10. The number of nitrogens with zero attached hydrogens (tertiary/aromatic N) is 4. The fourth-order valence-corrected chi connectivity index (χ4v) is 4.54. The van der Waals surface area contributed by atoms with Crippen molar-refractivity contribution >= 4 is 27.3 Å². The summed E-state index contributed by atoms with van der Waals surface area (Å²) in [6.45, 7) is 2.65. The summed E-state index contributed by atoms with van der Waals surface area (Å²) in [5, 5.41) is 3.62. The van der Waals surface area contributed by atoms with Gasteiger partial charge in [-0.1, -0.05) is 11.3 Å². The molecule has 3 heterocycles. The number of thiazole rings is 1. The monoisotopic (exact) mass is 401 g/mol. The van der Waals surface area contributed by atoms with Crippen molar-refractivity contribution in [3.63, 3.8) is 0 Å². The molecule has 0 radical (unpaired) electrons. The van der Waals surface area contributed by atoms with Crippen LogP contribution in [0, 0.1) is 12.7 Å². The van der Waals surface area contributed by atoms with Gasteiger partial charge in [0.1, 0.15) is 5.69 Å². The van der Waals surface area contributed by atoms with Gasteiger partial charge < -0.3 is 10.1 Å². The second-order valence-corrected chi connectivity index (χ2v) is 9.01. The Morgan fingerprint density at radius 2 is 2.04 bits per heavy atom. The molecule has 0 aliphatic carbocycles. The molecule has 0 amide bonds. The number of piperidine rings is 1. The Kier molecular flexibility index (Phi) is 5.39. The summed E-state index contributed by atoms with van der Waals surface area (Å²) in [7, 11) is -1.66. The van der Waals surface area contributed by atoms with E-state index in [1.54, 1.807) is 6.92 Å².